The maximum absolute atomic E-state index is 13.4. The van der Waals surface area contributed by atoms with Crippen molar-refractivity contribution in [2.75, 3.05) is 32.7 Å². The maximum Gasteiger partial charge on any atom is 0.262 e. The van der Waals surface area contributed by atoms with Gasteiger partial charge < -0.3 is 4.90 Å². The molecule has 6 rings (SSSR count). The molecule has 0 aliphatic carbocycles. The zero-order valence-electron chi connectivity index (χ0n) is 19.9. The van der Waals surface area contributed by atoms with Crippen LogP contribution in [-0.4, -0.2) is 52.1 Å². The van der Waals surface area contributed by atoms with Crippen molar-refractivity contribution in [1.29, 1.82) is 0 Å². The molecule has 6 heteroatoms. The van der Waals surface area contributed by atoms with E-state index in [-0.39, 0.29) is 5.56 Å². The largest absolute Gasteiger partial charge is 0.302 e. The lowest BCUT2D eigenvalue weighted by Crippen LogP contribution is -2.37. The average Bonchev–Trinajstić information content (AvgIpc) is 3.27. The molecule has 4 aromatic rings. The van der Waals surface area contributed by atoms with Gasteiger partial charge in [0.05, 0.1) is 11.7 Å². The predicted octanol–water partition coefficient (Wildman–Crippen LogP) is 4.87. The Bertz CT molecular complexity index is 1380. The highest BCUT2D eigenvalue weighted by atomic mass is 32.1. The molecule has 0 spiro atoms. The van der Waals surface area contributed by atoms with E-state index in [1.165, 1.54) is 39.6 Å². The third-order valence-corrected chi connectivity index (χ3v) is 9.05. The van der Waals surface area contributed by atoms with Crippen LogP contribution in [0.25, 0.3) is 21.0 Å². The van der Waals surface area contributed by atoms with E-state index in [9.17, 15) is 4.79 Å². The number of benzene rings is 2. The number of piperidine rings is 1. The number of likely N-dealkylation sites (tertiary alicyclic amines) is 1. The Balaban J connectivity index is 1.14. The van der Waals surface area contributed by atoms with Gasteiger partial charge in [-0.3, -0.25) is 14.3 Å². The van der Waals surface area contributed by atoms with E-state index < -0.39 is 0 Å². The number of rotatable bonds is 5. The number of likely N-dealkylation sites (N-methyl/N-ethyl adjacent to an activating group) is 1. The zero-order valence-corrected chi connectivity index (χ0v) is 20.7. The molecule has 0 atom stereocenters. The van der Waals surface area contributed by atoms with Crippen molar-refractivity contribution in [3.8, 4) is 0 Å². The summed E-state index contributed by atoms with van der Waals surface area (Å²) < 4.78 is 1.84. The first-order valence-corrected chi connectivity index (χ1v) is 13.4. The highest BCUT2D eigenvalue weighted by Gasteiger charge is 2.24. The topological polar surface area (TPSA) is 41.4 Å². The first kappa shape index (κ1) is 22.0. The quantitative estimate of drug-likeness (QED) is 0.416. The first-order valence-electron chi connectivity index (χ1n) is 12.6. The Morgan fingerprint density at radius 3 is 2.68 bits per heavy atom. The Morgan fingerprint density at radius 2 is 1.82 bits per heavy atom. The van der Waals surface area contributed by atoms with Crippen LogP contribution in [0.1, 0.15) is 41.7 Å². The molecule has 1 fully saturated rings. The second-order valence-electron chi connectivity index (χ2n) is 9.73. The van der Waals surface area contributed by atoms with Crippen molar-refractivity contribution < 1.29 is 0 Å². The van der Waals surface area contributed by atoms with Gasteiger partial charge in [0.2, 0.25) is 0 Å². The van der Waals surface area contributed by atoms with Crippen LogP contribution in [0.5, 0.6) is 0 Å². The number of aromatic nitrogens is 2. The second-order valence-corrected chi connectivity index (χ2v) is 10.8. The van der Waals surface area contributed by atoms with Crippen molar-refractivity contribution in [3.05, 3.63) is 75.1 Å². The molecule has 2 aromatic heterocycles. The van der Waals surface area contributed by atoms with Crippen LogP contribution in [0.4, 0.5) is 0 Å². The summed E-state index contributed by atoms with van der Waals surface area (Å²) in [7, 11) is 0. The lowest BCUT2D eigenvalue weighted by Gasteiger charge is -2.32. The van der Waals surface area contributed by atoms with Gasteiger partial charge in [0.1, 0.15) is 4.83 Å². The molecule has 0 N–H and O–H groups in total. The Labute approximate surface area is 204 Å². The molecule has 1 saturated heterocycles. The second kappa shape index (κ2) is 9.25. The average molecular weight is 473 g/mol. The summed E-state index contributed by atoms with van der Waals surface area (Å²) in [5.41, 5.74) is 2.87. The van der Waals surface area contributed by atoms with Crippen molar-refractivity contribution in [1.82, 2.24) is 19.4 Å². The normalized spacial score (nSPS) is 18.0. The van der Waals surface area contributed by atoms with Crippen LogP contribution in [0.15, 0.2) is 53.6 Å². The van der Waals surface area contributed by atoms with Gasteiger partial charge in [-0.25, -0.2) is 4.98 Å². The van der Waals surface area contributed by atoms with Crippen LogP contribution >= 0.6 is 11.3 Å². The van der Waals surface area contributed by atoms with Crippen LogP contribution in [0.2, 0.25) is 0 Å². The molecule has 2 aliphatic rings. The monoisotopic (exact) mass is 472 g/mol. The standard InChI is InChI=1S/C28H32N4OS/c1-2-30-15-12-25-24(18-30)26-27(34-25)29-19-32(28(26)33)17-16-31-13-10-21(11-14-31)23-9-5-7-20-6-3-4-8-22(20)23/h3-9,19,21H,2,10-18H2,1H3. The summed E-state index contributed by atoms with van der Waals surface area (Å²) in [5.74, 6) is 0.613. The molecule has 0 bridgehead atoms. The van der Waals surface area contributed by atoms with Crippen LogP contribution in [0, 0.1) is 0 Å². The van der Waals surface area contributed by atoms with E-state index in [0.29, 0.717) is 12.5 Å². The van der Waals surface area contributed by atoms with E-state index in [0.717, 1.165) is 55.9 Å². The molecule has 0 radical (unpaired) electrons. The number of thiophene rings is 1. The molecule has 4 heterocycles. The molecule has 5 nitrogen and oxygen atoms in total. The molecular formula is C28H32N4OS. The fourth-order valence-electron chi connectivity index (χ4n) is 5.81. The van der Waals surface area contributed by atoms with E-state index in [2.05, 4.69) is 64.2 Å². The van der Waals surface area contributed by atoms with Crippen molar-refractivity contribution in [2.45, 2.75) is 45.2 Å². The lowest BCUT2D eigenvalue weighted by atomic mass is 9.86. The Morgan fingerprint density at radius 1 is 1.00 bits per heavy atom. The van der Waals surface area contributed by atoms with Gasteiger partial charge >= 0.3 is 0 Å². The SMILES string of the molecule is CCN1CCc2sc3ncn(CCN4CCC(c5cccc6ccccc56)CC4)c(=O)c3c2C1. The number of fused-ring (bicyclic) bond motifs is 4. The van der Waals surface area contributed by atoms with Crippen LogP contribution in [-0.2, 0) is 19.5 Å². The highest BCUT2D eigenvalue weighted by Crippen LogP contribution is 2.34. The van der Waals surface area contributed by atoms with Crippen molar-refractivity contribution in [2.24, 2.45) is 0 Å². The minimum absolute atomic E-state index is 0.145. The fourth-order valence-corrected chi connectivity index (χ4v) is 6.94. The van der Waals surface area contributed by atoms with E-state index in [1.807, 2.05) is 4.57 Å². The lowest BCUT2D eigenvalue weighted by molar-refractivity contribution is 0.205. The van der Waals surface area contributed by atoms with Gasteiger partial charge in [-0.2, -0.15) is 0 Å². The molecular weight excluding hydrogens is 440 g/mol. The van der Waals surface area contributed by atoms with Crippen molar-refractivity contribution >= 4 is 32.3 Å². The summed E-state index contributed by atoms with van der Waals surface area (Å²) in [6.45, 7) is 8.97. The Kier molecular flexibility index (Phi) is 5.97. The molecule has 176 valence electrons. The molecule has 0 unspecified atom stereocenters. The van der Waals surface area contributed by atoms with Crippen molar-refractivity contribution in [3.63, 3.8) is 0 Å². The van der Waals surface area contributed by atoms with E-state index in [1.54, 1.807) is 17.7 Å². The number of hydrogen-bond donors (Lipinski definition) is 0. The van der Waals surface area contributed by atoms with Gasteiger partial charge in [0, 0.05) is 31.1 Å². The third-order valence-electron chi connectivity index (χ3n) is 7.85. The summed E-state index contributed by atoms with van der Waals surface area (Å²) in [5, 5.41) is 3.60. The van der Waals surface area contributed by atoms with Gasteiger partial charge in [-0.05, 0) is 66.7 Å². The summed E-state index contributed by atoms with van der Waals surface area (Å²) in [6.07, 6.45) is 5.15. The maximum atomic E-state index is 13.4. The minimum Gasteiger partial charge on any atom is -0.302 e. The summed E-state index contributed by atoms with van der Waals surface area (Å²) >= 11 is 1.72. The molecule has 0 amide bonds. The van der Waals surface area contributed by atoms with Gasteiger partial charge in [0.25, 0.3) is 5.56 Å². The van der Waals surface area contributed by atoms with Gasteiger partial charge in [-0.1, -0.05) is 49.4 Å². The molecule has 2 aromatic carbocycles. The smallest absolute Gasteiger partial charge is 0.262 e. The molecule has 2 aliphatic heterocycles. The van der Waals surface area contributed by atoms with Gasteiger partial charge in [-0.15, -0.1) is 11.3 Å². The Hall–Kier alpha value is -2.54. The van der Waals surface area contributed by atoms with E-state index >= 15 is 0 Å². The molecule has 0 saturated carbocycles. The van der Waals surface area contributed by atoms with Gasteiger partial charge in [0.15, 0.2) is 0 Å². The number of hydrogen-bond acceptors (Lipinski definition) is 5. The third kappa shape index (κ3) is 3.98. The molecule has 34 heavy (non-hydrogen) atoms. The summed E-state index contributed by atoms with van der Waals surface area (Å²) in [6, 6.07) is 15.5. The highest BCUT2D eigenvalue weighted by molar-refractivity contribution is 7.18. The minimum atomic E-state index is 0.145. The fraction of sp³-hybridized carbons (Fsp3) is 0.429. The first-order chi connectivity index (χ1) is 16.7. The van der Waals surface area contributed by atoms with Crippen LogP contribution < -0.4 is 5.56 Å². The predicted molar refractivity (Wildman–Crippen MR) is 141 cm³/mol. The zero-order chi connectivity index (χ0) is 23.1. The van der Waals surface area contributed by atoms with E-state index in [4.69, 9.17) is 0 Å². The summed E-state index contributed by atoms with van der Waals surface area (Å²) in [4.78, 5) is 25.3. The van der Waals surface area contributed by atoms with Crippen LogP contribution in [0.3, 0.4) is 0 Å². The number of nitrogens with zero attached hydrogens (tertiary/aromatic N) is 4.